The van der Waals surface area contributed by atoms with Crippen molar-refractivity contribution in [3.05, 3.63) is 35.9 Å². The van der Waals surface area contributed by atoms with E-state index in [4.69, 9.17) is 19.3 Å². The average Bonchev–Trinajstić information content (AvgIpc) is 3.21. The Morgan fingerprint density at radius 1 is 1.08 bits per heavy atom. The molecule has 0 radical (unpaired) electrons. The van der Waals surface area contributed by atoms with E-state index in [1.54, 1.807) is 0 Å². The molecule has 2 fully saturated rings. The topological polar surface area (TPSA) is 65.0 Å². The van der Waals surface area contributed by atoms with E-state index in [0.717, 1.165) is 25.9 Å². The van der Waals surface area contributed by atoms with Crippen LogP contribution in [0.5, 0.6) is 0 Å². The fourth-order valence-electron chi connectivity index (χ4n) is 4.04. The van der Waals surface area contributed by atoms with Crippen molar-refractivity contribution in [3.8, 4) is 0 Å². The molecule has 2 saturated heterocycles. The third-order valence-electron chi connectivity index (χ3n) is 5.29. The van der Waals surface area contributed by atoms with Crippen molar-refractivity contribution in [2.75, 3.05) is 19.8 Å². The summed E-state index contributed by atoms with van der Waals surface area (Å²) >= 11 is 0. The number of aliphatic carboxylic acids is 1. The van der Waals surface area contributed by atoms with E-state index in [2.05, 4.69) is 12.1 Å². The van der Waals surface area contributed by atoms with Crippen LogP contribution in [-0.4, -0.2) is 43.1 Å². The van der Waals surface area contributed by atoms with Gasteiger partial charge >= 0.3 is 5.97 Å². The van der Waals surface area contributed by atoms with Crippen LogP contribution in [0.25, 0.3) is 0 Å². The lowest BCUT2D eigenvalue weighted by Crippen LogP contribution is -2.31. The van der Waals surface area contributed by atoms with Gasteiger partial charge in [0, 0.05) is 25.6 Å². The lowest BCUT2D eigenvalue weighted by atomic mass is 9.78. The molecular formula is C20H28O5. The standard InChI is InChI=1S/C20H28O5/c21-20(22)7-4-11-23-12-10-16-17(19-9-8-18(16)25-19)14-24-13-15-5-2-1-3-6-15/h1-3,5-6,16-19H,4,7-14H2,(H,21,22)/t16-,17+,18-,19+/m1/s1. The quantitative estimate of drug-likeness (QED) is 0.622. The van der Waals surface area contributed by atoms with Crippen LogP contribution in [0.2, 0.25) is 0 Å². The third kappa shape index (κ3) is 5.27. The van der Waals surface area contributed by atoms with Gasteiger partial charge in [-0.1, -0.05) is 30.3 Å². The predicted molar refractivity (Wildman–Crippen MR) is 93.3 cm³/mol. The van der Waals surface area contributed by atoms with Crippen LogP contribution in [0.15, 0.2) is 30.3 Å². The van der Waals surface area contributed by atoms with Gasteiger partial charge < -0.3 is 19.3 Å². The Labute approximate surface area is 149 Å². The maximum Gasteiger partial charge on any atom is 0.303 e. The van der Waals surface area contributed by atoms with Crippen molar-refractivity contribution >= 4 is 5.97 Å². The van der Waals surface area contributed by atoms with E-state index in [-0.39, 0.29) is 6.42 Å². The van der Waals surface area contributed by atoms with Gasteiger partial charge in [0.2, 0.25) is 0 Å². The number of carboxylic acid groups (broad SMARTS) is 1. The first-order valence-corrected chi connectivity index (χ1v) is 9.30. The van der Waals surface area contributed by atoms with Gasteiger partial charge in [-0.2, -0.15) is 0 Å². The van der Waals surface area contributed by atoms with E-state index in [1.165, 1.54) is 5.56 Å². The van der Waals surface area contributed by atoms with Gasteiger partial charge in [0.25, 0.3) is 0 Å². The number of benzene rings is 1. The van der Waals surface area contributed by atoms with E-state index in [1.807, 2.05) is 18.2 Å². The zero-order valence-electron chi connectivity index (χ0n) is 14.6. The minimum atomic E-state index is -0.763. The highest BCUT2D eigenvalue weighted by Gasteiger charge is 2.48. The molecule has 5 nitrogen and oxygen atoms in total. The van der Waals surface area contributed by atoms with Crippen molar-refractivity contribution in [2.24, 2.45) is 11.8 Å². The van der Waals surface area contributed by atoms with Crippen molar-refractivity contribution < 1.29 is 24.1 Å². The summed E-state index contributed by atoms with van der Waals surface area (Å²) in [7, 11) is 0. The van der Waals surface area contributed by atoms with Gasteiger partial charge in [0.05, 0.1) is 25.4 Å². The molecule has 1 aromatic carbocycles. The molecule has 0 unspecified atom stereocenters. The van der Waals surface area contributed by atoms with Crippen LogP contribution in [0, 0.1) is 11.8 Å². The van der Waals surface area contributed by atoms with Crippen LogP contribution in [0.3, 0.4) is 0 Å². The maximum absolute atomic E-state index is 10.5. The third-order valence-corrected chi connectivity index (χ3v) is 5.29. The fourth-order valence-corrected chi connectivity index (χ4v) is 4.04. The molecule has 4 atom stereocenters. The molecule has 0 saturated carbocycles. The summed E-state index contributed by atoms with van der Waals surface area (Å²) in [6.07, 6.45) is 4.67. The average molecular weight is 348 g/mol. The van der Waals surface area contributed by atoms with Crippen LogP contribution >= 0.6 is 0 Å². The Balaban J connectivity index is 1.38. The van der Waals surface area contributed by atoms with Crippen LogP contribution in [-0.2, 0) is 25.6 Å². The number of hydrogen-bond donors (Lipinski definition) is 1. The molecule has 0 aromatic heterocycles. The minimum absolute atomic E-state index is 0.174. The molecule has 0 spiro atoms. The maximum atomic E-state index is 10.5. The second kappa shape index (κ2) is 9.32. The minimum Gasteiger partial charge on any atom is -0.481 e. The van der Waals surface area contributed by atoms with E-state index in [9.17, 15) is 4.79 Å². The summed E-state index contributed by atoms with van der Waals surface area (Å²) in [5.41, 5.74) is 1.20. The fraction of sp³-hybridized carbons (Fsp3) is 0.650. The lowest BCUT2D eigenvalue weighted by Gasteiger charge is -2.27. The Morgan fingerprint density at radius 2 is 1.84 bits per heavy atom. The van der Waals surface area contributed by atoms with Gasteiger partial charge in [-0.25, -0.2) is 0 Å². The summed E-state index contributed by atoms with van der Waals surface area (Å²) in [6.45, 7) is 2.57. The van der Waals surface area contributed by atoms with Gasteiger partial charge in [-0.15, -0.1) is 0 Å². The molecular weight excluding hydrogens is 320 g/mol. The largest absolute Gasteiger partial charge is 0.481 e. The molecule has 0 amide bonds. The van der Waals surface area contributed by atoms with Crippen LogP contribution in [0.1, 0.15) is 37.7 Å². The van der Waals surface area contributed by atoms with Crippen molar-refractivity contribution in [1.82, 2.24) is 0 Å². The monoisotopic (exact) mass is 348 g/mol. The molecule has 2 bridgehead atoms. The van der Waals surface area contributed by atoms with Gasteiger partial charge in [-0.3, -0.25) is 4.79 Å². The van der Waals surface area contributed by atoms with Crippen molar-refractivity contribution in [3.63, 3.8) is 0 Å². The van der Waals surface area contributed by atoms with Crippen LogP contribution < -0.4 is 0 Å². The highest BCUT2D eigenvalue weighted by molar-refractivity contribution is 5.66. The smallest absolute Gasteiger partial charge is 0.303 e. The van der Waals surface area contributed by atoms with E-state index < -0.39 is 5.97 Å². The summed E-state index contributed by atoms with van der Waals surface area (Å²) in [4.78, 5) is 10.5. The summed E-state index contributed by atoms with van der Waals surface area (Å²) < 4.78 is 17.7. The Hall–Kier alpha value is -1.43. The number of carbonyl (C=O) groups is 1. The molecule has 3 rings (SSSR count). The zero-order chi connectivity index (χ0) is 17.5. The number of carboxylic acids is 1. The first-order chi connectivity index (χ1) is 12.2. The molecule has 138 valence electrons. The summed E-state index contributed by atoms with van der Waals surface area (Å²) in [5.74, 6) is 0.180. The van der Waals surface area contributed by atoms with Gasteiger partial charge in [-0.05, 0) is 37.2 Å². The molecule has 1 N–H and O–H groups in total. The lowest BCUT2D eigenvalue weighted by molar-refractivity contribution is -0.137. The Kier molecular flexibility index (Phi) is 6.84. The molecule has 2 aliphatic heterocycles. The number of ether oxygens (including phenoxy) is 3. The molecule has 2 heterocycles. The normalized spacial score (nSPS) is 27.7. The Morgan fingerprint density at radius 3 is 2.60 bits per heavy atom. The van der Waals surface area contributed by atoms with E-state index in [0.29, 0.717) is 50.3 Å². The van der Waals surface area contributed by atoms with Gasteiger partial charge in [0.15, 0.2) is 0 Å². The highest BCUT2D eigenvalue weighted by Crippen LogP contribution is 2.45. The van der Waals surface area contributed by atoms with Gasteiger partial charge in [0.1, 0.15) is 0 Å². The first kappa shape index (κ1) is 18.4. The SMILES string of the molecule is O=C(O)CCCOCC[C@@H]1[C@H](COCc2ccccc2)[C@@H]2CC[C@H]1O2. The number of hydrogen-bond acceptors (Lipinski definition) is 4. The molecule has 1 aromatic rings. The van der Waals surface area contributed by atoms with E-state index >= 15 is 0 Å². The second-order valence-electron chi connectivity index (χ2n) is 7.02. The predicted octanol–water partition coefficient (Wildman–Crippen LogP) is 3.27. The molecule has 0 aliphatic carbocycles. The summed E-state index contributed by atoms with van der Waals surface area (Å²) in [5, 5.41) is 8.63. The number of rotatable bonds is 11. The van der Waals surface area contributed by atoms with Crippen molar-refractivity contribution in [2.45, 2.75) is 50.9 Å². The van der Waals surface area contributed by atoms with Crippen molar-refractivity contribution in [1.29, 1.82) is 0 Å². The molecule has 5 heteroatoms. The first-order valence-electron chi connectivity index (χ1n) is 9.30. The Bertz CT molecular complexity index is 532. The highest BCUT2D eigenvalue weighted by atomic mass is 16.5. The summed E-state index contributed by atoms with van der Waals surface area (Å²) in [6, 6.07) is 10.2. The van der Waals surface area contributed by atoms with Crippen LogP contribution in [0.4, 0.5) is 0 Å². The molecule has 2 aliphatic rings. The zero-order valence-corrected chi connectivity index (χ0v) is 14.6. The number of fused-ring (bicyclic) bond motifs is 2. The molecule has 25 heavy (non-hydrogen) atoms. The second-order valence-corrected chi connectivity index (χ2v) is 7.02.